The van der Waals surface area contributed by atoms with Gasteiger partial charge in [0.2, 0.25) is 0 Å². The Morgan fingerprint density at radius 2 is 1.93 bits per heavy atom. The number of quaternary nitrogens is 1. The van der Waals surface area contributed by atoms with Crippen LogP contribution in [0.5, 0.6) is 0 Å². The molecule has 8 heteroatoms. The van der Waals surface area contributed by atoms with Crippen LogP contribution >= 0.6 is 0 Å². The average Bonchev–Trinajstić information content (AvgIpc) is 3.16. The standard InChI is InChI=1S/C21H30N4O3S/c1-15-19(16(2)25(22-15)18-11-12-29(27,28)14-18)13-24(5)20(21(26)23(3)4)17-9-7-6-8-10-17/h6-10,18,20H,11-14H2,1-5H3/p+1/t18-,20+/m1/s1. The summed E-state index contributed by atoms with van der Waals surface area (Å²) in [6, 6.07) is 9.41. The van der Waals surface area contributed by atoms with Gasteiger partial charge in [-0.2, -0.15) is 5.10 Å². The second kappa shape index (κ2) is 8.28. The van der Waals surface area contributed by atoms with Crippen molar-refractivity contribution in [2.45, 2.75) is 38.9 Å². The lowest BCUT2D eigenvalue weighted by Gasteiger charge is -2.27. The summed E-state index contributed by atoms with van der Waals surface area (Å²) in [6.07, 6.45) is 0.609. The molecule has 158 valence electrons. The lowest BCUT2D eigenvalue weighted by molar-refractivity contribution is -0.916. The number of sulfone groups is 1. The Labute approximate surface area is 173 Å². The van der Waals surface area contributed by atoms with Crippen molar-refractivity contribution in [2.75, 3.05) is 32.6 Å². The molecule has 3 rings (SSSR count). The summed E-state index contributed by atoms with van der Waals surface area (Å²) < 4.78 is 25.7. The van der Waals surface area contributed by atoms with Gasteiger partial charge in [0.25, 0.3) is 5.91 Å². The van der Waals surface area contributed by atoms with Gasteiger partial charge in [0.05, 0.1) is 35.9 Å². The van der Waals surface area contributed by atoms with E-state index in [0.717, 1.165) is 27.4 Å². The van der Waals surface area contributed by atoms with Gasteiger partial charge < -0.3 is 9.80 Å². The molecule has 0 saturated carbocycles. The molecule has 0 radical (unpaired) electrons. The Balaban J connectivity index is 1.89. The maximum Gasteiger partial charge on any atom is 0.285 e. The van der Waals surface area contributed by atoms with E-state index in [1.807, 2.05) is 55.9 Å². The summed E-state index contributed by atoms with van der Waals surface area (Å²) in [5, 5.41) is 4.67. The van der Waals surface area contributed by atoms with Crippen molar-refractivity contribution in [3.8, 4) is 0 Å². The third-order valence-electron chi connectivity index (χ3n) is 5.80. The number of nitrogens with one attached hydrogen (secondary N) is 1. The zero-order valence-electron chi connectivity index (χ0n) is 17.8. The van der Waals surface area contributed by atoms with Gasteiger partial charge in [0.1, 0.15) is 6.54 Å². The first-order valence-corrected chi connectivity index (χ1v) is 11.8. The van der Waals surface area contributed by atoms with Gasteiger partial charge in [0.15, 0.2) is 15.9 Å². The smallest absolute Gasteiger partial charge is 0.285 e. The van der Waals surface area contributed by atoms with E-state index in [1.54, 1.807) is 19.0 Å². The summed E-state index contributed by atoms with van der Waals surface area (Å²) >= 11 is 0. The quantitative estimate of drug-likeness (QED) is 0.748. The van der Waals surface area contributed by atoms with Gasteiger partial charge in [-0.3, -0.25) is 9.48 Å². The van der Waals surface area contributed by atoms with Gasteiger partial charge in [-0.05, 0) is 20.3 Å². The molecule has 1 aliphatic rings. The predicted molar refractivity (Wildman–Crippen MR) is 112 cm³/mol. The predicted octanol–water partition coefficient (Wildman–Crippen LogP) is 0.704. The lowest BCUT2D eigenvalue weighted by Crippen LogP contribution is -3.09. The SMILES string of the molecule is Cc1nn([C@@H]2CCS(=O)(=O)C2)c(C)c1C[NH+](C)[C@H](C(=O)N(C)C)c1ccccc1. The molecule has 2 heterocycles. The molecule has 2 aromatic rings. The van der Waals surface area contributed by atoms with E-state index >= 15 is 0 Å². The fraction of sp³-hybridized carbons (Fsp3) is 0.524. The van der Waals surface area contributed by atoms with Crippen molar-refractivity contribution in [1.29, 1.82) is 0 Å². The van der Waals surface area contributed by atoms with E-state index in [4.69, 9.17) is 0 Å². The fourth-order valence-corrected chi connectivity index (χ4v) is 5.89. The van der Waals surface area contributed by atoms with E-state index < -0.39 is 9.84 Å². The van der Waals surface area contributed by atoms with E-state index in [-0.39, 0.29) is 29.5 Å². The van der Waals surface area contributed by atoms with Crippen molar-refractivity contribution in [1.82, 2.24) is 14.7 Å². The maximum atomic E-state index is 12.9. The van der Waals surface area contributed by atoms with Crippen molar-refractivity contribution < 1.29 is 18.1 Å². The Hall–Kier alpha value is -2.19. The number of amides is 1. The van der Waals surface area contributed by atoms with Crippen LogP contribution in [0.2, 0.25) is 0 Å². The number of hydrogen-bond donors (Lipinski definition) is 1. The number of carbonyl (C=O) groups excluding carboxylic acids is 1. The summed E-state index contributed by atoms with van der Waals surface area (Å²) in [4.78, 5) is 15.6. The van der Waals surface area contributed by atoms with Crippen LogP contribution in [0.15, 0.2) is 30.3 Å². The van der Waals surface area contributed by atoms with Crippen LogP contribution in [0, 0.1) is 13.8 Å². The molecule has 0 spiro atoms. The number of aromatic nitrogens is 2. The van der Waals surface area contributed by atoms with Gasteiger partial charge in [-0.1, -0.05) is 30.3 Å². The number of likely N-dealkylation sites (N-methyl/N-ethyl adjacent to an activating group) is 2. The summed E-state index contributed by atoms with van der Waals surface area (Å²) in [6.45, 7) is 4.59. The molecule has 1 unspecified atom stereocenters. The number of aryl methyl sites for hydroxylation is 1. The van der Waals surface area contributed by atoms with E-state index in [9.17, 15) is 13.2 Å². The largest absolute Gasteiger partial charge is 0.343 e. The maximum absolute atomic E-state index is 12.9. The number of carbonyl (C=O) groups is 1. The third kappa shape index (κ3) is 4.53. The fourth-order valence-electron chi connectivity index (χ4n) is 4.20. The van der Waals surface area contributed by atoms with Gasteiger partial charge >= 0.3 is 0 Å². The topological polar surface area (TPSA) is 76.7 Å². The summed E-state index contributed by atoms with van der Waals surface area (Å²) in [5.41, 5.74) is 3.95. The molecule has 29 heavy (non-hydrogen) atoms. The molecule has 3 atom stereocenters. The van der Waals surface area contributed by atoms with E-state index in [0.29, 0.717) is 13.0 Å². The zero-order chi connectivity index (χ0) is 21.3. The molecular formula is C21H31N4O3S+. The molecule has 1 N–H and O–H groups in total. The van der Waals surface area contributed by atoms with Crippen LogP contribution in [-0.2, 0) is 21.2 Å². The third-order valence-corrected chi connectivity index (χ3v) is 7.55. The molecule has 0 aliphatic carbocycles. The van der Waals surface area contributed by atoms with Crippen molar-refractivity contribution >= 4 is 15.7 Å². The first-order chi connectivity index (χ1) is 13.6. The molecule has 1 saturated heterocycles. The van der Waals surface area contributed by atoms with Crippen molar-refractivity contribution in [2.24, 2.45) is 0 Å². The minimum Gasteiger partial charge on any atom is -0.343 e. The highest BCUT2D eigenvalue weighted by Crippen LogP contribution is 2.26. The number of rotatable bonds is 6. The van der Waals surface area contributed by atoms with E-state index in [1.165, 1.54) is 0 Å². The van der Waals surface area contributed by atoms with Crippen LogP contribution in [-0.4, -0.2) is 61.7 Å². The normalized spacial score (nSPS) is 20.4. The van der Waals surface area contributed by atoms with Crippen LogP contribution in [0.25, 0.3) is 0 Å². The summed E-state index contributed by atoms with van der Waals surface area (Å²) in [7, 11) is 2.61. The molecule has 1 amide bonds. The second-order valence-electron chi connectivity index (χ2n) is 8.25. The highest BCUT2D eigenvalue weighted by Gasteiger charge is 2.34. The average molecular weight is 420 g/mol. The Kier molecular flexibility index (Phi) is 6.14. The minimum absolute atomic E-state index is 0.0540. The molecule has 1 aromatic heterocycles. The minimum atomic E-state index is -2.97. The monoisotopic (exact) mass is 419 g/mol. The van der Waals surface area contributed by atoms with Crippen LogP contribution in [0.4, 0.5) is 0 Å². The Bertz CT molecular complexity index is 983. The Morgan fingerprint density at radius 3 is 2.48 bits per heavy atom. The molecule has 1 fully saturated rings. The molecule has 1 aromatic carbocycles. The first-order valence-electron chi connectivity index (χ1n) is 9.94. The van der Waals surface area contributed by atoms with Crippen LogP contribution < -0.4 is 4.90 Å². The van der Waals surface area contributed by atoms with Crippen LogP contribution in [0.3, 0.4) is 0 Å². The van der Waals surface area contributed by atoms with Crippen molar-refractivity contribution in [3.63, 3.8) is 0 Å². The molecule has 1 aliphatic heterocycles. The first kappa shape index (κ1) is 21.5. The van der Waals surface area contributed by atoms with Crippen LogP contribution in [0.1, 0.15) is 41.0 Å². The molecule has 0 bridgehead atoms. The van der Waals surface area contributed by atoms with Gasteiger partial charge in [0, 0.05) is 25.4 Å². The van der Waals surface area contributed by atoms with Crippen molar-refractivity contribution in [3.05, 3.63) is 52.8 Å². The number of benzene rings is 1. The van der Waals surface area contributed by atoms with E-state index in [2.05, 4.69) is 5.10 Å². The summed E-state index contributed by atoms with van der Waals surface area (Å²) in [5.74, 6) is 0.436. The highest BCUT2D eigenvalue weighted by molar-refractivity contribution is 7.91. The number of hydrogen-bond acceptors (Lipinski definition) is 4. The second-order valence-corrected chi connectivity index (χ2v) is 10.5. The number of nitrogens with zero attached hydrogens (tertiary/aromatic N) is 3. The Morgan fingerprint density at radius 1 is 1.28 bits per heavy atom. The highest BCUT2D eigenvalue weighted by atomic mass is 32.2. The molecular weight excluding hydrogens is 388 g/mol. The molecule has 7 nitrogen and oxygen atoms in total. The van der Waals surface area contributed by atoms with Gasteiger partial charge in [-0.25, -0.2) is 8.42 Å². The lowest BCUT2D eigenvalue weighted by atomic mass is 10.0. The van der Waals surface area contributed by atoms with Gasteiger partial charge in [-0.15, -0.1) is 0 Å². The zero-order valence-corrected chi connectivity index (χ0v) is 18.7.